The van der Waals surface area contributed by atoms with Gasteiger partial charge in [0, 0.05) is 54.0 Å². The summed E-state index contributed by atoms with van der Waals surface area (Å²) in [6, 6.07) is 8.01. The van der Waals surface area contributed by atoms with E-state index in [0.29, 0.717) is 31.0 Å². The average Bonchev–Trinajstić information content (AvgIpc) is 3.34. The lowest BCUT2D eigenvalue weighted by Gasteiger charge is -2.25. The Balaban J connectivity index is 1.55. The molecule has 32 heavy (non-hydrogen) atoms. The van der Waals surface area contributed by atoms with Crippen LogP contribution in [0, 0.1) is 6.92 Å². The molecule has 2 aliphatic heterocycles. The number of morpholine rings is 1. The topological polar surface area (TPSA) is 71.5 Å². The quantitative estimate of drug-likeness (QED) is 0.569. The molecule has 3 aromatic rings. The van der Waals surface area contributed by atoms with Crippen molar-refractivity contribution in [3.63, 3.8) is 0 Å². The molecule has 6 nitrogen and oxygen atoms in total. The van der Waals surface area contributed by atoms with Gasteiger partial charge >= 0.3 is 0 Å². The van der Waals surface area contributed by atoms with Crippen LogP contribution in [-0.4, -0.2) is 47.5 Å². The minimum atomic E-state index is -0.102. The van der Waals surface area contributed by atoms with Crippen LogP contribution in [-0.2, 0) is 27.3 Å². The van der Waals surface area contributed by atoms with E-state index in [1.165, 1.54) is 10.5 Å². The average molecular weight is 470 g/mol. The van der Waals surface area contributed by atoms with E-state index in [0.717, 1.165) is 51.3 Å². The number of benzene rings is 1. The largest absolute Gasteiger partial charge is 0.375 e. The molecule has 0 saturated carbocycles. The van der Waals surface area contributed by atoms with Gasteiger partial charge in [-0.25, -0.2) is 0 Å². The Bertz CT molecular complexity index is 1190. The molecule has 1 aromatic carbocycles. The molecule has 1 atom stereocenters. The van der Waals surface area contributed by atoms with Crippen LogP contribution < -0.4 is 5.32 Å². The predicted molar refractivity (Wildman–Crippen MR) is 126 cm³/mol. The first-order valence-corrected chi connectivity index (χ1v) is 12.0. The van der Waals surface area contributed by atoms with E-state index in [9.17, 15) is 9.59 Å². The van der Waals surface area contributed by atoms with Crippen LogP contribution in [0.15, 0.2) is 30.5 Å². The molecule has 0 unspecified atom stereocenters. The van der Waals surface area contributed by atoms with Gasteiger partial charge in [0.05, 0.1) is 29.5 Å². The minimum Gasteiger partial charge on any atom is -0.375 e. The molecule has 2 saturated heterocycles. The molecule has 0 aliphatic carbocycles. The smallest absolute Gasteiger partial charge is 0.230 e. The molecule has 4 heterocycles. The highest BCUT2D eigenvalue weighted by Gasteiger charge is 2.29. The van der Waals surface area contributed by atoms with Gasteiger partial charge in [-0.15, -0.1) is 11.3 Å². The number of likely N-dealkylation sites (tertiary alicyclic amines) is 1. The summed E-state index contributed by atoms with van der Waals surface area (Å²) >= 11 is 8.06. The first-order chi connectivity index (χ1) is 15.5. The van der Waals surface area contributed by atoms with Crippen molar-refractivity contribution in [2.75, 3.05) is 19.7 Å². The normalized spacial score (nSPS) is 19.3. The molecule has 0 spiro atoms. The molecule has 2 aromatic heterocycles. The van der Waals surface area contributed by atoms with Gasteiger partial charge in [0.1, 0.15) is 0 Å². The Hall–Kier alpha value is -2.32. The van der Waals surface area contributed by atoms with Crippen LogP contribution in [0.2, 0.25) is 5.02 Å². The molecule has 2 amide bonds. The van der Waals surface area contributed by atoms with Crippen molar-refractivity contribution in [2.24, 2.45) is 0 Å². The molecule has 1 N–H and O–H groups in total. The number of ether oxygens (including phenoxy) is 1. The van der Waals surface area contributed by atoms with E-state index in [1.807, 2.05) is 24.3 Å². The Morgan fingerprint density at radius 3 is 2.78 bits per heavy atom. The van der Waals surface area contributed by atoms with Crippen molar-refractivity contribution in [1.29, 1.82) is 0 Å². The van der Waals surface area contributed by atoms with Gasteiger partial charge in [0.15, 0.2) is 0 Å². The minimum absolute atomic E-state index is 0.102. The lowest BCUT2D eigenvalue weighted by atomic mass is 9.92. The number of thiophene rings is 1. The second-order valence-corrected chi connectivity index (χ2v) is 9.88. The standard InChI is InChI=1S/C24H24ClN3O3S/c1-14-8-15(25)9-20(19(14)10-16-12-26-6-7-31-16)18-4-5-27-21-11-17(32-24(18)21)13-28-22(29)2-3-23(28)30/h4-5,8-9,11,16,26H,2-3,6-7,10,12-13H2,1H3/t16-/m0/s1. The summed E-state index contributed by atoms with van der Waals surface area (Å²) < 4.78 is 7.00. The van der Waals surface area contributed by atoms with Gasteiger partial charge < -0.3 is 10.1 Å². The third-order valence-electron chi connectivity index (χ3n) is 6.10. The maximum atomic E-state index is 12.1. The SMILES string of the molecule is Cc1cc(Cl)cc(-c2ccnc3cc(CN4C(=O)CCC4=O)sc23)c1C[C@H]1CNCCO1. The maximum absolute atomic E-state index is 12.1. The predicted octanol–water partition coefficient (Wildman–Crippen LogP) is 4.11. The number of aromatic nitrogens is 1. The Morgan fingerprint density at radius 2 is 2.03 bits per heavy atom. The zero-order chi connectivity index (χ0) is 22.2. The number of imide groups is 1. The highest BCUT2D eigenvalue weighted by Crippen LogP contribution is 2.39. The third kappa shape index (κ3) is 4.18. The third-order valence-corrected chi connectivity index (χ3v) is 7.46. The molecule has 5 rings (SSSR count). The summed E-state index contributed by atoms with van der Waals surface area (Å²) in [5.74, 6) is -0.205. The number of aryl methyl sites for hydroxylation is 1. The summed E-state index contributed by atoms with van der Waals surface area (Å²) in [6.07, 6.45) is 3.32. The highest BCUT2D eigenvalue weighted by molar-refractivity contribution is 7.19. The van der Waals surface area contributed by atoms with Crippen LogP contribution in [0.25, 0.3) is 21.3 Å². The van der Waals surface area contributed by atoms with Gasteiger partial charge in [0.2, 0.25) is 11.8 Å². The Kier molecular flexibility index (Phi) is 5.99. The van der Waals surface area contributed by atoms with E-state index in [2.05, 4.69) is 17.2 Å². The fourth-order valence-electron chi connectivity index (χ4n) is 4.50. The van der Waals surface area contributed by atoms with Crippen molar-refractivity contribution >= 4 is 45.0 Å². The van der Waals surface area contributed by atoms with Crippen LogP contribution >= 0.6 is 22.9 Å². The van der Waals surface area contributed by atoms with Crippen molar-refractivity contribution in [3.8, 4) is 11.1 Å². The number of amides is 2. The summed E-state index contributed by atoms with van der Waals surface area (Å²) in [5, 5.41) is 4.09. The van der Waals surface area contributed by atoms with Crippen molar-refractivity contribution < 1.29 is 14.3 Å². The lowest BCUT2D eigenvalue weighted by molar-refractivity contribution is -0.138. The number of nitrogens with one attached hydrogen (secondary N) is 1. The highest BCUT2D eigenvalue weighted by atomic mass is 35.5. The fraction of sp³-hybridized carbons (Fsp3) is 0.375. The van der Waals surface area contributed by atoms with Crippen molar-refractivity contribution in [2.45, 2.75) is 38.8 Å². The van der Waals surface area contributed by atoms with E-state index >= 15 is 0 Å². The number of carbonyl (C=O) groups is 2. The molecule has 2 fully saturated rings. The van der Waals surface area contributed by atoms with Gasteiger partial charge in [0.25, 0.3) is 0 Å². The number of fused-ring (bicyclic) bond motifs is 1. The molecule has 2 aliphatic rings. The monoisotopic (exact) mass is 469 g/mol. The number of hydrogen-bond donors (Lipinski definition) is 1. The van der Waals surface area contributed by atoms with E-state index in [1.54, 1.807) is 17.5 Å². The maximum Gasteiger partial charge on any atom is 0.230 e. The Labute approximate surface area is 195 Å². The number of nitrogens with zero attached hydrogens (tertiary/aromatic N) is 2. The van der Waals surface area contributed by atoms with Crippen LogP contribution in [0.4, 0.5) is 0 Å². The van der Waals surface area contributed by atoms with Gasteiger partial charge in [-0.05, 0) is 47.9 Å². The van der Waals surface area contributed by atoms with Crippen LogP contribution in [0.1, 0.15) is 28.8 Å². The van der Waals surface area contributed by atoms with Crippen LogP contribution in [0.5, 0.6) is 0 Å². The number of pyridine rings is 1. The van der Waals surface area contributed by atoms with Crippen molar-refractivity contribution in [1.82, 2.24) is 15.2 Å². The van der Waals surface area contributed by atoms with E-state index < -0.39 is 0 Å². The van der Waals surface area contributed by atoms with E-state index in [4.69, 9.17) is 16.3 Å². The molecule has 0 bridgehead atoms. The summed E-state index contributed by atoms with van der Waals surface area (Å²) in [4.78, 5) is 31.0. The van der Waals surface area contributed by atoms with Gasteiger partial charge in [-0.1, -0.05) is 11.6 Å². The second kappa shape index (κ2) is 8.90. The zero-order valence-electron chi connectivity index (χ0n) is 17.8. The fourth-order valence-corrected chi connectivity index (χ4v) is 5.90. The number of rotatable bonds is 5. The first-order valence-electron chi connectivity index (χ1n) is 10.8. The summed E-state index contributed by atoms with van der Waals surface area (Å²) in [7, 11) is 0. The molecule has 0 radical (unpaired) electrons. The molecule has 166 valence electrons. The molecule has 8 heteroatoms. The summed E-state index contributed by atoms with van der Waals surface area (Å²) in [5.41, 5.74) is 5.36. The molecular formula is C24H24ClN3O3S. The number of carbonyl (C=O) groups excluding carboxylic acids is 2. The second-order valence-electron chi connectivity index (χ2n) is 8.31. The van der Waals surface area contributed by atoms with Crippen molar-refractivity contribution in [3.05, 3.63) is 51.5 Å². The zero-order valence-corrected chi connectivity index (χ0v) is 19.4. The Morgan fingerprint density at radius 1 is 1.22 bits per heavy atom. The van der Waals surface area contributed by atoms with Crippen LogP contribution in [0.3, 0.4) is 0 Å². The summed E-state index contributed by atoms with van der Waals surface area (Å²) in [6.45, 7) is 4.82. The number of halogens is 1. The van der Waals surface area contributed by atoms with E-state index in [-0.39, 0.29) is 17.9 Å². The van der Waals surface area contributed by atoms with Gasteiger partial charge in [-0.2, -0.15) is 0 Å². The lowest BCUT2D eigenvalue weighted by Crippen LogP contribution is -2.39. The first kappa shape index (κ1) is 21.5. The van der Waals surface area contributed by atoms with Gasteiger partial charge in [-0.3, -0.25) is 19.5 Å². The number of hydrogen-bond acceptors (Lipinski definition) is 6. The molecular weight excluding hydrogens is 446 g/mol.